The summed E-state index contributed by atoms with van der Waals surface area (Å²) in [7, 11) is 0. The maximum atomic E-state index is 5.95. The molecule has 0 aromatic carbocycles. The Morgan fingerprint density at radius 1 is 1.62 bits per heavy atom. The van der Waals surface area contributed by atoms with Crippen LogP contribution in [0.1, 0.15) is 37.9 Å². The summed E-state index contributed by atoms with van der Waals surface area (Å²) in [5, 5.41) is 3.72. The van der Waals surface area contributed by atoms with Crippen LogP contribution in [0.25, 0.3) is 0 Å². The van der Waals surface area contributed by atoms with E-state index in [9.17, 15) is 0 Å². The fourth-order valence-corrected chi connectivity index (χ4v) is 1.70. The third-order valence-electron chi connectivity index (χ3n) is 2.47. The molecule has 0 radical (unpaired) electrons. The first kappa shape index (κ1) is 11.2. The number of rotatable bonds is 4. The monoisotopic (exact) mass is 235 g/mol. The van der Waals surface area contributed by atoms with Crippen molar-refractivity contribution in [2.45, 2.75) is 38.1 Å². The Labute approximate surface area is 101 Å². The van der Waals surface area contributed by atoms with Gasteiger partial charge < -0.3 is 5.32 Å². The van der Waals surface area contributed by atoms with Crippen molar-refractivity contribution in [3.05, 3.63) is 17.0 Å². The van der Waals surface area contributed by atoms with Crippen LogP contribution in [0.4, 0.5) is 5.82 Å². The van der Waals surface area contributed by atoms with Crippen LogP contribution in [0, 0.1) is 12.3 Å². The highest BCUT2D eigenvalue weighted by atomic mass is 35.5. The quantitative estimate of drug-likeness (QED) is 0.644. The molecule has 1 saturated carbocycles. The summed E-state index contributed by atoms with van der Waals surface area (Å²) in [6.45, 7) is 2.02. The third kappa shape index (κ3) is 2.86. The van der Waals surface area contributed by atoms with Crippen molar-refractivity contribution in [1.29, 1.82) is 0 Å². The molecule has 1 heterocycles. The number of anilines is 1. The Bertz CT molecular complexity index is 421. The summed E-state index contributed by atoms with van der Waals surface area (Å²) in [5.41, 5.74) is 0. The van der Waals surface area contributed by atoms with Crippen LogP contribution in [0.15, 0.2) is 6.07 Å². The van der Waals surface area contributed by atoms with E-state index >= 15 is 0 Å². The van der Waals surface area contributed by atoms with Gasteiger partial charge >= 0.3 is 0 Å². The maximum Gasteiger partial charge on any atom is 0.135 e. The predicted molar refractivity (Wildman–Crippen MR) is 65.6 cm³/mol. The van der Waals surface area contributed by atoms with Crippen LogP contribution in [0.5, 0.6) is 0 Å². The van der Waals surface area contributed by atoms with E-state index in [4.69, 9.17) is 18.0 Å². The number of hydrogen-bond acceptors (Lipinski definition) is 3. The van der Waals surface area contributed by atoms with E-state index in [1.165, 1.54) is 12.8 Å². The summed E-state index contributed by atoms with van der Waals surface area (Å²) in [5.74, 6) is 4.73. The van der Waals surface area contributed by atoms with Gasteiger partial charge in [-0.15, -0.1) is 12.3 Å². The van der Waals surface area contributed by atoms with Gasteiger partial charge in [-0.1, -0.05) is 11.6 Å². The van der Waals surface area contributed by atoms with E-state index in [1.807, 2.05) is 6.92 Å². The van der Waals surface area contributed by atoms with Crippen molar-refractivity contribution < 1.29 is 0 Å². The molecule has 1 N–H and O–H groups in total. The van der Waals surface area contributed by atoms with Crippen molar-refractivity contribution in [2.75, 3.05) is 5.32 Å². The minimum atomic E-state index is 0.197. The van der Waals surface area contributed by atoms with E-state index in [1.54, 1.807) is 6.07 Å². The van der Waals surface area contributed by atoms with Gasteiger partial charge in [0.1, 0.15) is 16.8 Å². The second-order valence-electron chi connectivity index (χ2n) is 4.16. The van der Waals surface area contributed by atoms with Gasteiger partial charge in [-0.25, -0.2) is 9.97 Å². The summed E-state index contributed by atoms with van der Waals surface area (Å²) < 4.78 is 0. The molecule has 3 nitrogen and oxygen atoms in total. The number of aromatic nitrogens is 2. The van der Waals surface area contributed by atoms with Crippen molar-refractivity contribution in [3.8, 4) is 12.3 Å². The van der Waals surface area contributed by atoms with Gasteiger partial charge in [0.2, 0.25) is 0 Å². The van der Waals surface area contributed by atoms with Gasteiger partial charge in [0.05, 0.1) is 0 Å². The van der Waals surface area contributed by atoms with Gasteiger partial charge in [0, 0.05) is 24.4 Å². The molecule has 1 aliphatic rings. The Morgan fingerprint density at radius 3 is 3.00 bits per heavy atom. The molecule has 1 aromatic rings. The average Bonchev–Trinajstić information content (AvgIpc) is 2.99. The van der Waals surface area contributed by atoms with Gasteiger partial charge in [0.25, 0.3) is 0 Å². The van der Waals surface area contributed by atoms with E-state index < -0.39 is 0 Å². The number of nitrogens with one attached hydrogen (secondary N) is 1. The summed E-state index contributed by atoms with van der Waals surface area (Å²) in [4.78, 5) is 8.67. The second-order valence-corrected chi connectivity index (χ2v) is 4.55. The third-order valence-corrected chi connectivity index (χ3v) is 2.67. The number of nitrogens with zero attached hydrogens (tertiary/aromatic N) is 2. The lowest BCUT2D eigenvalue weighted by atomic mass is 10.2. The maximum absolute atomic E-state index is 5.95. The molecule has 4 heteroatoms. The highest BCUT2D eigenvalue weighted by Crippen LogP contribution is 2.38. The van der Waals surface area contributed by atoms with Crippen molar-refractivity contribution in [2.24, 2.45) is 0 Å². The smallest absolute Gasteiger partial charge is 0.135 e. The first-order chi connectivity index (χ1) is 7.69. The second kappa shape index (κ2) is 4.71. The topological polar surface area (TPSA) is 37.8 Å². The zero-order valence-electron chi connectivity index (χ0n) is 9.20. The molecule has 1 unspecified atom stereocenters. The first-order valence-electron chi connectivity index (χ1n) is 5.43. The van der Waals surface area contributed by atoms with Gasteiger partial charge in [-0.05, 0) is 19.8 Å². The Morgan fingerprint density at radius 2 is 2.38 bits per heavy atom. The Balaban J connectivity index is 2.11. The SMILES string of the molecule is C#CCC(C)Nc1cc(Cl)nc(C2CC2)n1. The minimum Gasteiger partial charge on any atom is -0.367 e. The molecule has 1 atom stereocenters. The van der Waals surface area contributed by atoms with Crippen LogP contribution in [-0.4, -0.2) is 16.0 Å². The molecule has 1 aromatic heterocycles. The molecule has 16 heavy (non-hydrogen) atoms. The van der Waals surface area contributed by atoms with Crippen LogP contribution < -0.4 is 5.32 Å². The predicted octanol–water partition coefficient (Wildman–Crippen LogP) is 2.83. The summed E-state index contributed by atoms with van der Waals surface area (Å²) >= 11 is 5.95. The molecular formula is C12H14ClN3. The molecule has 2 rings (SSSR count). The fourth-order valence-electron chi connectivity index (χ4n) is 1.51. The Kier molecular flexibility index (Phi) is 3.31. The molecule has 0 saturated heterocycles. The zero-order valence-corrected chi connectivity index (χ0v) is 9.96. The van der Waals surface area contributed by atoms with E-state index in [-0.39, 0.29) is 6.04 Å². The van der Waals surface area contributed by atoms with E-state index in [0.717, 1.165) is 11.6 Å². The molecule has 0 spiro atoms. The van der Waals surface area contributed by atoms with E-state index in [2.05, 4.69) is 21.2 Å². The normalized spacial score (nSPS) is 16.6. The fraction of sp³-hybridized carbons (Fsp3) is 0.500. The number of hydrogen-bond donors (Lipinski definition) is 1. The van der Waals surface area contributed by atoms with Crippen LogP contribution in [-0.2, 0) is 0 Å². The van der Waals surface area contributed by atoms with Crippen molar-refractivity contribution in [1.82, 2.24) is 9.97 Å². The highest BCUT2D eigenvalue weighted by molar-refractivity contribution is 6.29. The van der Waals surface area contributed by atoms with Gasteiger partial charge in [-0.3, -0.25) is 0 Å². The molecule has 0 bridgehead atoms. The van der Waals surface area contributed by atoms with Gasteiger partial charge in [0.15, 0.2) is 0 Å². The van der Waals surface area contributed by atoms with Crippen molar-refractivity contribution >= 4 is 17.4 Å². The molecule has 84 valence electrons. The van der Waals surface area contributed by atoms with E-state index in [0.29, 0.717) is 17.5 Å². The number of terminal acetylenes is 1. The average molecular weight is 236 g/mol. The number of halogens is 1. The highest BCUT2D eigenvalue weighted by Gasteiger charge is 2.27. The molecule has 1 fully saturated rings. The summed E-state index contributed by atoms with van der Waals surface area (Å²) in [6, 6.07) is 1.93. The molecular weight excluding hydrogens is 222 g/mol. The minimum absolute atomic E-state index is 0.197. The first-order valence-corrected chi connectivity index (χ1v) is 5.81. The molecule has 0 aliphatic heterocycles. The van der Waals surface area contributed by atoms with Crippen LogP contribution in [0.2, 0.25) is 5.15 Å². The lowest BCUT2D eigenvalue weighted by molar-refractivity contribution is 0.812. The molecule has 1 aliphatic carbocycles. The lowest BCUT2D eigenvalue weighted by Crippen LogP contribution is -2.15. The zero-order chi connectivity index (χ0) is 11.5. The van der Waals surface area contributed by atoms with Crippen LogP contribution in [0.3, 0.4) is 0 Å². The van der Waals surface area contributed by atoms with Crippen LogP contribution >= 0.6 is 11.6 Å². The lowest BCUT2D eigenvalue weighted by Gasteiger charge is -2.12. The largest absolute Gasteiger partial charge is 0.367 e. The summed E-state index contributed by atoms with van der Waals surface area (Å²) in [6.07, 6.45) is 8.25. The Hall–Kier alpha value is -1.27. The molecule has 0 amide bonds. The standard InChI is InChI=1S/C12H14ClN3/c1-3-4-8(2)14-11-7-10(13)15-12(16-11)9-5-6-9/h1,7-9H,4-6H2,2H3,(H,14,15,16). The van der Waals surface area contributed by atoms with Crippen molar-refractivity contribution in [3.63, 3.8) is 0 Å². The van der Waals surface area contributed by atoms with Gasteiger partial charge in [-0.2, -0.15) is 0 Å².